The minimum absolute atomic E-state index is 0.300. The number of hydrogen-bond acceptors (Lipinski definition) is 4. The van der Waals surface area contributed by atoms with Crippen LogP contribution in [0.2, 0.25) is 5.02 Å². The molecule has 1 amide bonds. The fraction of sp³-hybridized carbons (Fsp3) is 0.0526. The molecule has 0 aliphatic heterocycles. The van der Waals surface area contributed by atoms with Crippen molar-refractivity contribution in [1.29, 1.82) is 0 Å². The first kappa shape index (κ1) is 29.5. The lowest BCUT2D eigenvalue weighted by atomic mass is 9.98. The molecule has 3 N–H and O–H groups in total. The summed E-state index contributed by atoms with van der Waals surface area (Å²) in [4.78, 5) is 25.6. The summed E-state index contributed by atoms with van der Waals surface area (Å²) in [6, 6.07) is 42.8. The third kappa shape index (κ3) is 6.98. The number of ether oxygens (including phenoxy) is 1. The molecule has 0 bridgehead atoms. The fourth-order valence-electron chi connectivity index (χ4n) is 5.26. The van der Waals surface area contributed by atoms with Crippen LogP contribution in [0.25, 0.3) is 21.9 Å². The topological polar surface area (TPSA) is 87.7 Å². The number of fused-ring (bicyclic) bond motifs is 1. The summed E-state index contributed by atoms with van der Waals surface area (Å²) in [7, 11) is 0. The van der Waals surface area contributed by atoms with Crippen LogP contribution in [0.5, 0.6) is 11.5 Å². The Kier molecular flexibility index (Phi) is 8.76. The standard InChI is InChI=1S/C38H29ClN2O4/c39-28-21-22-34(40-33-15-8-10-25-9-4-5-13-30(25)33)32(23-28)38(44)41-35(24-37(42)43)27-19-17-26(18-20-27)31-14-6-7-16-36(31)45-29-11-2-1-3-12-29/h1-23,35,40H,24H2,(H,41,44)(H,42,43). The zero-order chi connectivity index (χ0) is 31.2. The Hall–Kier alpha value is -5.59. The van der Waals surface area contributed by atoms with E-state index in [1.165, 1.54) is 0 Å². The number of amides is 1. The first-order chi connectivity index (χ1) is 21.9. The Balaban J connectivity index is 1.26. The molecule has 7 heteroatoms. The van der Waals surface area contributed by atoms with E-state index in [1.54, 1.807) is 18.2 Å². The van der Waals surface area contributed by atoms with Gasteiger partial charge in [0.25, 0.3) is 5.91 Å². The van der Waals surface area contributed by atoms with Gasteiger partial charge in [0.2, 0.25) is 0 Å². The van der Waals surface area contributed by atoms with Gasteiger partial charge in [-0.15, -0.1) is 0 Å². The average Bonchev–Trinajstić information content (AvgIpc) is 3.06. The van der Waals surface area contributed by atoms with Gasteiger partial charge in [0.15, 0.2) is 0 Å². The molecule has 0 saturated carbocycles. The molecule has 0 spiro atoms. The number of carboxylic acid groups (broad SMARTS) is 1. The number of para-hydroxylation sites is 2. The van der Waals surface area contributed by atoms with Crippen molar-refractivity contribution in [3.05, 3.63) is 156 Å². The van der Waals surface area contributed by atoms with Crippen LogP contribution in [-0.4, -0.2) is 17.0 Å². The van der Waals surface area contributed by atoms with Gasteiger partial charge in [-0.1, -0.05) is 109 Å². The highest BCUT2D eigenvalue weighted by atomic mass is 35.5. The maximum atomic E-state index is 13.7. The summed E-state index contributed by atoms with van der Waals surface area (Å²) in [5.74, 6) is -0.0662. The molecule has 6 nitrogen and oxygen atoms in total. The molecule has 0 saturated heterocycles. The second-order valence-electron chi connectivity index (χ2n) is 10.5. The molecule has 0 fully saturated rings. The van der Waals surface area contributed by atoms with Gasteiger partial charge in [-0.25, -0.2) is 0 Å². The van der Waals surface area contributed by atoms with E-state index < -0.39 is 17.9 Å². The molecular weight excluding hydrogens is 584 g/mol. The van der Waals surface area contributed by atoms with Gasteiger partial charge >= 0.3 is 5.97 Å². The molecule has 6 aromatic carbocycles. The zero-order valence-electron chi connectivity index (χ0n) is 24.1. The van der Waals surface area contributed by atoms with E-state index in [0.717, 1.165) is 33.3 Å². The molecular formula is C38H29ClN2O4. The van der Waals surface area contributed by atoms with Crippen LogP contribution >= 0.6 is 11.6 Å². The summed E-state index contributed by atoms with van der Waals surface area (Å²) in [5.41, 5.74) is 4.11. The van der Waals surface area contributed by atoms with Gasteiger partial charge in [-0.3, -0.25) is 9.59 Å². The largest absolute Gasteiger partial charge is 0.481 e. The third-order valence-corrected chi connectivity index (χ3v) is 7.69. The second-order valence-corrected chi connectivity index (χ2v) is 10.9. The lowest BCUT2D eigenvalue weighted by Crippen LogP contribution is -2.30. The van der Waals surface area contributed by atoms with Crippen molar-refractivity contribution in [3.8, 4) is 22.6 Å². The first-order valence-corrected chi connectivity index (χ1v) is 14.8. The SMILES string of the molecule is O=C(O)CC(NC(=O)c1cc(Cl)ccc1Nc1cccc2ccccc12)c1ccc(-c2ccccc2Oc2ccccc2)cc1. The monoisotopic (exact) mass is 612 g/mol. The predicted octanol–water partition coefficient (Wildman–Crippen LogP) is 9.64. The van der Waals surface area contributed by atoms with Crippen molar-refractivity contribution in [3.63, 3.8) is 0 Å². The van der Waals surface area contributed by atoms with E-state index in [1.807, 2.05) is 121 Å². The van der Waals surface area contributed by atoms with E-state index in [4.69, 9.17) is 16.3 Å². The van der Waals surface area contributed by atoms with Crippen LogP contribution in [0.4, 0.5) is 11.4 Å². The molecule has 1 unspecified atom stereocenters. The fourth-order valence-corrected chi connectivity index (χ4v) is 5.43. The molecule has 45 heavy (non-hydrogen) atoms. The summed E-state index contributed by atoms with van der Waals surface area (Å²) in [6.45, 7) is 0. The lowest BCUT2D eigenvalue weighted by Gasteiger charge is -2.20. The first-order valence-electron chi connectivity index (χ1n) is 14.4. The number of aliphatic carboxylic acids is 1. The Bertz CT molecular complexity index is 1970. The molecule has 222 valence electrons. The van der Waals surface area contributed by atoms with Crippen LogP contribution in [0.15, 0.2) is 140 Å². The summed E-state index contributed by atoms with van der Waals surface area (Å²) in [6.07, 6.45) is -0.300. The number of hydrogen-bond donors (Lipinski definition) is 3. The maximum Gasteiger partial charge on any atom is 0.305 e. The smallest absolute Gasteiger partial charge is 0.305 e. The van der Waals surface area contributed by atoms with Crippen molar-refractivity contribution in [2.24, 2.45) is 0 Å². The predicted molar refractivity (Wildman–Crippen MR) is 180 cm³/mol. The van der Waals surface area contributed by atoms with Crippen molar-refractivity contribution < 1.29 is 19.4 Å². The van der Waals surface area contributed by atoms with Crippen molar-refractivity contribution >= 4 is 45.6 Å². The normalized spacial score (nSPS) is 11.5. The second kappa shape index (κ2) is 13.4. The van der Waals surface area contributed by atoms with E-state index in [9.17, 15) is 14.7 Å². The van der Waals surface area contributed by atoms with Crippen LogP contribution in [-0.2, 0) is 4.79 Å². The van der Waals surface area contributed by atoms with Gasteiger partial charge in [-0.2, -0.15) is 0 Å². The molecule has 0 aromatic heterocycles. The van der Waals surface area contributed by atoms with E-state index >= 15 is 0 Å². The third-order valence-electron chi connectivity index (χ3n) is 7.45. The van der Waals surface area contributed by atoms with Crippen molar-refractivity contribution in [2.45, 2.75) is 12.5 Å². The average molecular weight is 613 g/mol. The molecule has 0 radical (unpaired) electrons. The van der Waals surface area contributed by atoms with Gasteiger partial charge in [-0.05, 0) is 59.0 Å². The zero-order valence-corrected chi connectivity index (χ0v) is 24.9. The Morgan fingerprint density at radius 3 is 2.24 bits per heavy atom. The van der Waals surface area contributed by atoms with Crippen molar-refractivity contribution in [2.75, 3.05) is 5.32 Å². The van der Waals surface area contributed by atoms with Crippen LogP contribution in [0, 0.1) is 0 Å². The highest BCUT2D eigenvalue weighted by molar-refractivity contribution is 6.31. The van der Waals surface area contributed by atoms with Gasteiger partial charge < -0.3 is 20.5 Å². The van der Waals surface area contributed by atoms with E-state index in [-0.39, 0.29) is 6.42 Å². The van der Waals surface area contributed by atoms with Gasteiger partial charge in [0.05, 0.1) is 23.7 Å². The van der Waals surface area contributed by atoms with Crippen molar-refractivity contribution in [1.82, 2.24) is 5.32 Å². The number of benzene rings is 6. The summed E-state index contributed by atoms with van der Waals surface area (Å²) < 4.78 is 6.13. The highest BCUT2D eigenvalue weighted by Gasteiger charge is 2.22. The molecule has 0 aliphatic rings. The van der Waals surface area contributed by atoms with Crippen LogP contribution in [0.1, 0.15) is 28.4 Å². The Morgan fingerprint density at radius 2 is 1.44 bits per heavy atom. The number of anilines is 2. The number of carbonyl (C=O) groups is 2. The molecule has 0 heterocycles. The van der Waals surface area contributed by atoms with Crippen LogP contribution < -0.4 is 15.4 Å². The summed E-state index contributed by atoms with van der Waals surface area (Å²) >= 11 is 6.32. The lowest BCUT2D eigenvalue weighted by molar-refractivity contribution is -0.137. The number of carbonyl (C=O) groups excluding carboxylic acids is 1. The number of rotatable bonds is 10. The van der Waals surface area contributed by atoms with Gasteiger partial charge in [0, 0.05) is 21.7 Å². The van der Waals surface area contributed by atoms with Gasteiger partial charge in [0.1, 0.15) is 11.5 Å². The number of nitrogens with one attached hydrogen (secondary N) is 2. The molecule has 6 rings (SSSR count). The van der Waals surface area contributed by atoms with Crippen LogP contribution in [0.3, 0.4) is 0 Å². The van der Waals surface area contributed by atoms with E-state index in [0.29, 0.717) is 27.6 Å². The molecule has 1 atom stereocenters. The quantitative estimate of drug-likeness (QED) is 0.143. The highest BCUT2D eigenvalue weighted by Crippen LogP contribution is 2.34. The number of halogens is 1. The molecule has 0 aliphatic carbocycles. The summed E-state index contributed by atoms with van der Waals surface area (Å²) in [5, 5.41) is 18.5. The maximum absolute atomic E-state index is 13.7. The number of carboxylic acids is 1. The Labute approximate surface area is 265 Å². The minimum atomic E-state index is -1.04. The Morgan fingerprint density at radius 1 is 0.733 bits per heavy atom. The molecule has 6 aromatic rings. The minimum Gasteiger partial charge on any atom is -0.481 e. The van der Waals surface area contributed by atoms with E-state index in [2.05, 4.69) is 10.6 Å².